The van der Waals surface area contributed by atoms with Gasteiger partial charge in [0.25, 0.3) is 0 Å². The summed E-state index contributed by atoms with van der Waals surface area (Å²) in [7, 11) is -3.06. The highest BCUT2D eigenvalue weighted by Gasteiger charge is 2.23. The van der Waals surface area contributed by atoms with Crippen LogP contribution in [0.15, 0.2) is 54.9 Å². The van der Waals surface area contributed by atoms with Gasteiger partial charge in [0.1, 0.15) is 15.7 Å². The third kappa shape index (κ3) is 3.84. The molecule has 0 saturated carbocycles. The highest BCUT2D eigenvalue weighted by molar-refractivity contribution is 7.90. The number of nitrogens with one attached hydrogen (secondary N) is 2. The standard InChI is InChI=1S/C27H28FN3O2S/c1-16(2)25-26(17(3)30-27(25)22-14-18(28)15-23-19(22)8-10-29-23)21-6-5-7-24-20(21)9-11-31(24)12-13-34(4,32)33/h5-11,14-16,29-30H,12-13H2,1-4H3. The lowest BCUT2D eigenvalue weighted by Gasteiger charge is -2.14. The van der Waals surface area contributed by atoms with E-state index in [1.54, 1.807) is 6.07 Å². The van der Waals surface area contributed by atoms with Crippen molar-refractivity contribution in [3.05, 3.63) is 71.9 Å². The van der Waals surface area contributed by atoms with Gasteiger partial charge < -0.3 is 14.5 Å². The first-order chi connectivity index (χ1) is 16.1. The van der Waals surface area contributed by atoms with Gasteiger partial charge in [0.2, 0.25) is 0 Å². The molecule has 7 heteroatoms. The Balaban J connectivity index is 1.72. The molecule has 5 aromatic rings. The van der Waals surface area contributed by atoms with E-state index in [-0.39, 0.29) is 17.5 Å². The minimum absolute atomic E-state index is 0.0951. The molecule has 0 radical (unpaired) electrons. The summed E-state index contributed by atoms with van der Waals surface area (Å²) in [6, 6.07) is 13.3. The minimum atomic E-state index is -3.06. The molecule has 2 N–H and O–H groups in total. The molecule has 0 saturated heterocycles. The number of sulfone groups is 1. The smallest absolute Gasteiger partial charge is 0.149 e. The number of aryl methyl sites for hydroxylation is 2. The van der Waals surface area contributed by atoms with Crippen LogP contribution in [0.3, 0.4) is 0 Å². The van der Waals surface area contributed by atoms with Gasteiger partial charge in [0.15, 0.2) is 0 Å². The number of rotatable bonds is 6. The molecular formula is C27H28FN3O2S. The molecule has 0 amide bonds. The quantitative estimate of drug-likeness (QED) is 0.297. The molecule has 0 aliphatic heterocycles. The van der Waals surface area contributed by atoms with E-state index in [0.717, 1.165) is 55.4 Å². The third-order valence-corrected chi connectivity index (χ3v) is 7.42. The zero-order valence-corrected chi connectivity index (χ0v) is 20.6. The first kappa shape index (κ1) is 22.5. The van der Waals surface area contributed by atoms with Gasteiger partial charge in [-0.3, -0.25) is 0 Å². The lowest BCUT2D eigenvalue weighted by molar-refractivity contribution is 0.596. The first-order valence-electron chi connectivity index (χ1n) is 11.4. The van der Waals surface area contributed by atoms with Crippen LogP contribution < -0.4 is 0 Å². The number of hydrogen-bond acceptors (Lipinski definition) is 2. The van der Waals surface area contributed by atoms with E-state index in [0.29, 0.717) is 6.54 Å². The Morgan fingerprint density at radius 1 is 1.06 bits per heavy atom. The molecule has 0 spiro atoms. The highest BCUT2D eigenvalue weighted by atomic mass is 32.2. The summed E-state index contributed by atoms with van der Waals surface area (Å²) in [6.45, 7) is 6.77. The summed E-state index contributed by atoms with van der Waals surface area (Å²) in [5.41, 5.74) is 7.89. The molecule has 0 bridgehead atoms. The monoisotopic (exact) mass is 477 g/mol. The van der Waals surface area contributed by atoms with E-state index >= 15 is 0 Å². The van der Waals surface area contributed by atoms with Gasteiger partial charge in [0.05, 0.1) is 11.4 Å². The second kappa shape index (κ2) is 8.17. The van der Waals surface area contributed by atoms with E-state index in [1.807, 2.05) is 35.2 Å². The summed E-state index contributed by atoms with van der Waals surface area (Å²) in [6.07, 6.45) is 5.05. The van der Waals surface area contributed by atoms with Gasteiger partial charge in [-0.2, -0.15) is 0 Å². The maximum absolute atomic E-state index is 14.5. The maximum atomic E-state index is 14.5. The van der Waals surface area contributed by atoms with Crippen molar-refractivity contribution in [1.29, 1.82) is 0 Å². The molecule has 3 aromatic heterocycles. The van der Waals surface area contributed by atoms with E-state index in [1.165, 1.54) is 12.3 Å². The molecule has 5 rings (SSSR count). The summed E-state index contributed by atoms with van der Waals surface area (Å²) in [5.74, 6) is 0.00552. The number of benzene rings is 2. The van der Waals surface area contributed by atoms with Crippen LogP contribution >= 0.6 is 0 Å². The van der Waals surface area contributed by atoms with Crippen molar-refractivity contribution < 1.29 is 12.8 Å². The van der Waals surface area contributed by atoms with Crippen molar-refractivity contribution in [3.8, 4) is 22.4 Å². The molecule has 0 aliphatic carbocycles. The van der Waals surface area contributed by atoms with Crippen LogP contribution in [0.1, 0.15) is 31.0 Å². The van der Waals surface area contributed by atoms with Gasteiger partial charge in [-0.1, -0.05) is 26.0 Å². The molecule has 2 aromatic carbocycles. The second-order valence-corrected chi connectivity index (χ2v) is 11.6. The maximum Gasteiger partial charge on any atom is 0.149 e. The normalized spacial score (nSPS) is 12.4. The van der Waals surface area contributed by atoms with E-state index < -0.39 is 9.84 Å². The van der Waals surface area contributed by atoms with Crippen molar-refractivity contribution in [2.45, 2.75) is 33.2 Å². The molecule has 34 heavy (non-hydrogen) atoms. The molecular weight excluding hydrogens is 449 g/mol. The second-order valence-electron chi connectivity index (χ2n) is 9.34. The number of H-pyrrole nitrogens is 2. The number of halogens is 1. The van der Waals surface area contributed by atoms with Crippen LogP contribution in [0.4, 0.5) is 4.39 Å². The third-order valence-electron chi connectivity index (χ3n) is 6.49. The minimum Gasteiger partial charge on any atom is -0.361 e. The summed E-state index contributed by atoms with van der Waals surface area (Å²) < 4.78 is 39.9. The Morgan fingerprint density at radius 2 is 1.85 bits per heavy atom. The Hall–Kier alpha value is -3.32. The molecule has 0 atom stereocenters. The Kier molecular flexibility index (Phi) is 5.40. The number of hydrogen-bond donors (Lipinski definition) is 2. The fraction of sp³-hybridized carbons (Fsp3) is 0.259. The first-order valence-corrected chi connectivity index (χ1v) is 13.5. The number of nitrogens with zero attached hydrogens (tertiary/aromatic N) is 1. The van der Waals surface area contributed by atoms with Gasteiger partial charge in [-0.25, -0.2) is 12.8 Å². The highest BCUT2D eigenvalue weighted by Crippen LogP contribution is 2.43. The predicted octanol–water partition coefficient (Wildman–Crippen LogP) is 6.40. The van der Waals surface area contributed by atoms with E-state index in [2.05, 4.69) is 42.9 Å². The van der Waals surface area contributed by atoms with Crippen molar-refractivity contribution in [2.24, 2.45) is 0 Å². The zero-order valence-electron chi connectivity index (χ0n) is 19.7. The van der Waals surface area contributed by atoms with Crippen LogP contribution in [0.5, 0.6) is 0 Å². The van der Waals surface area contributed by atoms with Crippen molar-refractivity contribution in [1.82, 2.24) is 14.5 Å². The molecule has 0 fully saturated rings. The van der Waals surface area contributed by atoms with Gasteiger partial charge >= 0.3 is 0 Å². The molecule has 3 heterocycles. The van der Waals surface area contributed by atoms with Crippen molar-refractivity contribution in [2.75, 3.05) is 12.0 Å². The Bertz CT molecular complexity index is 1640. The molecule has 5 nitrogen and oxygen atoms in total. The predicted molar refractivity (Wildman–Crippen MR) is 138 cm³/mol. The fourth-order valence-corrected chi connectivity index (χ4v) is 5.55. The van der Waals surface area contributed by atoms with Gasteiger partial charge in [0, 0.05) is 63.8 Å². The zero-order chi connectivity index (χ0) is 24.2. The van der Waals surface area contributed by atoms with Crippen LogP contribution in [0.2, 0.25) is 0 Å². The molecule has 0 aliphatic rings. The topological polar surface area (TPSA) is 70.7 Å². The van der Waals surface area contributed by atoms with Gasteiger partial charge in [-0.15, -0.1) is 0 Å². The van der Waals surface area contributed by atoms with E-state index in [4.69, 9.17) is 0 Å². The number of aromatic nitrogens is 3. The fourth-order valence-electron chi connectivity index (χ4n) is 5.02. The Morgan fingerprint density at radius 3 is 2.59 bits per heavy atom. The summed E-state index contributed by atoms with van der Waals surface area (Å²) in [4.78, 5) is 6.69. The van der Waals surface area contributed by atoms with Crippen LogP contribution in [0.25, 0.3) is 44.2 Å². The average molecular weight is 478 g/mol. The largest absolute Gasteiger partial charge is 0.361 e. The lowest BCUT2D eigenvalue weighted by Crippen LogP contribution is -2.10. The van der Waals surface area contributed by atoms with Crippen LogP contribution in [-0.2, 0) is 16.4 Å². The van der Waals surface area contributed by atoms with Crippen molar-refractivity contribution >= 4 is 31.6 Å². The van der Waals surface area contributed by atoms with Crippen molar-refractivity contribution in [3.63, 3.8) is 0 Å². The summed E-state index contributed by atoms with van der Waals surface area (Å²) >= 11 is 0. The Labute approximate surface area is 198 Å². The molecule has 176 valence electrons. The van der Waals surface area contributed by atoms with Crippen LogP contribution in [-0.4, -0.2) is 35.0 Å². The van der Waals surface area contributed by atoms with Gasteiger partial charge in [-0.05, 0) is 54.3 Å². The molecule has 0 unspecified atom stereocenters. The number of aromatic amines is 2. The average Bonchev–Trinajstić information content (AvgIpc) is 3.47. The number of fused-ring (bicyclic) bond motifs is 2. The van der Waals surface area contributed by atoms with Crippen LogP contribution in [0, 0.1) is 12.7 Å². The van der Waals surface area contributed by atoms with E-state index in [9.17, 15) is 12.8 Å². The summed E-state index contributed by atoms with van der Waals surface area (Å²) in [5, 5.41) is 2.04. The SMILES string of the molecule is Cc1[nH]c(-c2cc(F)cc3[nH]ccc23)c(C(C)C)c1-c1cccc2c1ccn2CCS(C)(=O)=O. The lowest BCUT2D eigenvalue weighted by atomic mass is 9.89.